The van der Waals surface area contributed by atoms with Crippen molar-refractivity contribution < 1.29 is 18.3 Å². The second-order valence-corrected chi connectivity index (χ2v) is 5.78. The van der Waals surface area contributed by atoms with E-state index in [2.05, 4.69) is 25.1 Å². The summed E-state index contributed by atoms with van der Waals surface area (Å²) in [4.78, 5) is 11.0. The molecule has 4 N–H and O–H groups in total. The van der Waals surface area contributed by atoms with Crippen LogP contribution in [-0.4, -0.2) is 39.9 Å². The molecule has 0 saturated carbocycles. The first-order valence-electron chi connectivity index (χ1n) is 5.70. The molecule has 0 saturated heterocycles. The summed E-state index contributed by atoms with van der Waals surface area (Å²) in [5.74, 6) is -1.39. The molecule has 0 spiro atoms. The van der Waals surface area contributed by atoms with Crippen LogP contribution in [0.3, 0.4) is 0 Å². The number of hydrogen-bond acceptors (Lipinski definition) is 5. The van der Waals surface area contributed by atoms with Gasteiger partial charge in [-0.25, -0.2) is 4.79 Å². The fourth-order valence-corrected chi connectivity index (χ4v) is 3.05. The normalized spacial score (nSPS) is 11.6. The van der Waals surface area contributed by atoms with E-state index in [1.807, 2.05) is 0 Å². The van der Waals surface area contributed by atoms with Crippen molar-refractivity contribution in [2.75, 3.05) is 4.72 Å². The number of aromatic carboxylic acids is 1. The lowest BCUT2D eigenvalue weighted by Crippen LogP contribution is -2.17. The van der Waals surface area contributed by atoms with Crippen LogP contribution in [0.15, 0.2) is 35.6 Å². The monoisotopic (exact) mass is 307 g/mol. The number of anilines is 1. The second kappa shape index (κ2) is 4.59. The van der Waals surface area contributed by atoms with Gasteiger partial charge in [-0.15, -0.1) is 0 Å². The predicted octanol–water partition coefficient (Wildman–Crippen LogP) is 0.785. The van der Waals surface area contributed by atoms with Crippen LogP contribution in [0.1, 0.15) is 10.4 Å². The van der Waals surface area contributed by atoms with Crippen molar-refractivity contribution in [3.63, 3.8) is 0 Å². The van der Waals surface area contributed by atoms with E-state index in [-0.39, 0.29) is 5.69 Å². The van der Waals surface area contributed by atoms with Crippen molar-refractivity contribution in [1.82, 2.24) is 20.4 Å². The molecule has 2 heterocycles. The van der Waals surface area contributed by atoms with E-state index in [9.17, 15) is 13.2 Å². The molecule has 21 heavy (non-hydrogen) atoms. The van der Waals surface area contributed by atoms with Gasteiger partial charge in [-0.05, 0) is 6.07 Å². The second-order valence-electron chi connectivity index (χ2n) is 4.16. The van der Waals surface area contributed by atoms with Gasteiger partial charge in [-0.2, -0.15) is 18.6 Å². The number of sulfonamides is 1. The number of fused-ring (bicyclic) bond motifs is 1. The smallest absolute Gasteiger partial charge is 0.340 e. The first-order chi connectivity index (χ1) is 9.99. The zero-order chi connectivity index (χ0) is 15.0. The number of carboxylic acids is 1. The minimum Gasteiger partial charge on any atom is -0.478 e. The molecule has 0 bridgehead atoms. The van der Waals surface area contributed by atoms with Crippen LogP contribution in [0, 0.1) is 0 Å². The molecule has 9 nitrogen and oxygen atoms in total. The summed E-state index contributed by atoms with van der Waals surface area (Å²) in [5.41, 5.74) is 0.327. The third kappa shape index (κ3) is 2.21. The van der Waals surface area contributed by atoms with Crippen LogP contribution in [0.2, 0.25) is 0 Å². The number of carbonyl (C=O) groups is 1. The molecule has 0 unspecified atom stereocenters. The molecule has 2 aromatic heterocycles. The minimum absolute atomic E-state index is 0.260. The summed E-state index contributed by atoms with van der Waals surface area (Å²) >= 11 is 0. The van der Waals surface area contributed by atoms with E-state index in [4.69, 9.17) is 5.11 Å². The summed E-state index contributed by atoms with van der Waals surface area (Å²) in [6, 6.07) is 4.95. The molecule has 0 fully saturated rings. The highest BCUT2D eigenvalue weighted by molar-refractivity contribution is 7.92. The molecular formula is C11H9N5O4S. The van der Waals surface area contributed by atoms with Crippen LogP contribution >= 0.6 is 0 Å². The molecule has 0 amide bonds. The summed E-state index contributed by atoms with van der Waals surface area (Å²) < 4.78 is 26.9. The Labute approximate surface area is 118 Å². The Bertz CT molecular complexity index is 927. The number of aromatic amines is 2. The number of H-pyrrole nitrogens is 2. The maximum atomic E-state index is 12.3. The van der Waals surface area contributed by atoms with E-state index in [0.29, 0.717) is 5.52 Å². The quantitative estimate of drug-likeness (QED) is 0.561. The van der Waals surface area contributed by atoms with Gasteiger partial charge in [0.15, 0.2) is 5.03 Å². The van der Waals surface area contributed by atoms with E-state index in [0.717, 1.165) is 11.6 Å². The molecular weight excluding hydrogens is 298 g/mol. The van der Waals surface area contributed by atoms with Gasteiger partial charge in [0.05, 0.1) is 23.6 Å². The minimum atomic E-state index is -4.11. The van der Waals surface area contributed by atoms with Crippen molar-refractivity contribution in [2.24, 2.45) is 0 Å². The summed E-state index contributed by atoms with van der Waals surface area (Å²) in [7, 11) is -4.11. The third-order valence-electron chi connectivity index (χ3n) is 2.82. The molecule has 108 valence electrons. The number of aromatic nitrogens is 4. The lowest BCUT2D eigenvalue weighted by atomic mass is 10.2. The number of nitrogens with zero attached hydrogens (tertiary/aromatic N) is 2. The molecule has 10 heteroatoms. The van der Waals surface area contributed by atoms with Gasteiger partial charge in [0, 0.05) is 5.39 Å². The standard InChI is InChI=1S/C11H9N5O4S/c17-11(18)7-5-13-15-10(7)21(19,20)16-8-3-1-2-6-4-12-14-9(6)8/h1-5,16H,(H,12,14)(H,13,15)(H,17,18). The van der Waals surface area contributed by atoms with E-state index in [1.165, 1.54) is 6.07 Å². The summed E-state index contributed by atoms with van der Waals surface area (Å²) in [6.07, 6.45) is 2.49. The van der Waals surface area contributed by atoms with Gasteiger partial charge < -0.3 is 5.11 Å². The summed E-state index contributed by atoms with van der Waals surface area (Å²) in [6.45, 7) is 0. The highest BCUT2D eigenvalue weighted by Crippen LogP contribution is 2.24. The van der Waals surface area contributed by atoms with Gasteiger partial charge >= 0.3 is 5.97 Å². The molecule has 0 aliphatic heterocycles. The zero-order valence-corrected chi connectivity index (χ0v) is 11.2. The number of carboxylic acid groups (broad SMARTS) is 1. The van der Waals surface area contributed by atoms with Crippen molar-refractivity contribution in [3.05, 3.63) is 36.2 Å². The fraction of sp³-hybridized carbons (Fsp3) is 0. The highest BCUT2D eigenvalue weighted by Gasteiger charge is 2.25. The molecule has 3 rings (SSSR count). The fourth-order valence-electron chi connectivity index (χ4n) is 1.88. The molecule has 3 aromatic rings. The largest absolute Gasteiger partial charge is 0.478 e. The number of benzene rings is 1. The van der Waals surface area contributed by atoms with Gasteiger partial charge in [-0.1, -0.05) is 12.1 Å². The number of nitrogens with one attached hydrogen (secondary N) is 3. The van der Waals surface area contributed by atoms with Crippen molar-refractivity contribution in [3.8, 4) is 0 Å². The Kier molecular flexibility index (Phi) is 2.87. The lowest BCUT2D eigenvalue weighted by molar-refractivity contribution is 0.0692. The van der Waals surface area contributed by atoms with E-state index < -0.39 is 26.6 Å². The lowest BCUT2D eigenvalue weighted by Gasteiger charge is -2.07. The Morgan fingerprint density at radius 1 is 1.19 bits per heavy atom. The van der Waals surface area contributed by atoms with Gasteiger partial charge in [0.1, 0.15) is 5.56 Å². The highest BCUT2D eigenvalue weighted by atomic mass is 32.2. The topological polar surface area (TPSA) is 141 Å². The van der Waals surface area contributed by atoms with Gasteiger partial charge in [0.25, 0.3) is 10.0 Å². The molecule has 0 aliphatic carbocycles. The number of para-hydroxylation sites is 1. The third-order valence-corrected chi connectivity index (χ3v) is 4.16. The predicted molar refractivity (Wildman–Crippen MR) is 72.4 cm³/mol. The first kappa shape index (κ1) is 13.1. The Morgan fingerprint density at radius 2 is 1.95 bits per heavy atom. The maximum Gasteiger partial charge on any atom is 0.340 e. The Balaban J connectivity index is 2.06. The molecule has 0 aliphatic rings. The van der Waals surface area contributed by atoms with Crippen LogP contribution in [0.25, 0.3) is 10.9 Å². The first-order valence-corrected chi connectivity index (χ1v) is 7.19. The Morgan fingerprint density at radius 3 is 2.71 bits per heavy atom. The number of rotatable bonds is 4. The van der Waals surface area contributed by atoms with Crippen molar-refractivity contribution >= 4 is 32.6 Å². The van der Waals surface area contributed by atoms with Crippen LogP contribution < -0.4 is 4.72 Å². The van der Waals surface area contributed by atoms with Crippen LogP contribution in [0.4, 0.5) is 5.69 Å². The van der Waals surface area contributed by atoms with Crippen LogP contribution in [-0.2, 0) is 10.0 Å². The molecule has 1 aromatic carbocycles. The number of hydrogen-bond donors (Lipinski definition) is 4. The average Bonchev–Trinajstić information content (AvgIpc) is 3.08. The van der Waals surface area contributed by atoms with E-state index in [1.54, 1.807) is 18.3 Å². The molecule has 0 radical (unpaired) electrons. The van der Waals surface area contributed by atoms with Crippen LogP contribution in [0.5, 0.6) is 0 Å². The molecule has 0 atom stereocenters. The van der Waals surface area contributed by atoms with E-state index >= 15 is 0 Å². The Hall–Kier alpha value is -2.88. The SMILES string of the molecule is O=C(O)c1cn[nH]c1S(=O)(=O)Nc1cccc2cn[nH]c12. The zero-order valence-electron chi connectivity index (χ0n) is 10.4. The summed E-state index contributed by atoms with van der Waals surface area (Å²) in [5, 5.41) is 21.3. The average molecular weight is 307 g/mol. The van der Waals surface area contributed by atoms with Gasteiger partial charge in [0.2, 0.25) is 0 Å². The maximum absolute atomic E-state index is 12.3. The van der Waals surface area contributed by atoms with Gasteiger partial charge in [-0.3, -0.25) is 14.9 Å². The van der Waals surface area contributed by atoms with Crippen molar-refractivity contribution in [2.45, 2.75) is 5.03 Å². The van der Waals surface area contributed by atoms with Crippen molar-refractivity contribution in [1.29, 1.82) is 0 Å².